The zero-order valence-electron chi connectivity index (χ0n) is 15.5. The number of aromatic nitrogens is 5. The highest BCUT2D eigenvalue weighted by Crippen LogP contribution is 2.27. The fourth-order valence-corrected chi connectivity index (χ4v) is 3.37. The van der Waals surface area contributed by atoms with E-state index < -0.39 is 11.7 Å². The number of halogens is 1. The number of nitrogens with one attached hydrogen (secondary N) is 1. The van der Waals surface area contributed by atoms with Crippen molar-refractivity contribution in [1.82, 2.24) is 24.8 Å². The minimum atomic E-state index is -1.28. The van der Waals surface area contributed by atoms with E-state index in [1.54, 1.807) is 0 Å². The lowest BCUT2D eigenvalue weighted by Crippen LogP contribution is -2.26. The van der Waals surface area contributed by atoms with Gasteiger partial charge < -0.3 is 5.32 Å². The summed E-state index contributed by atoms with van der Waals surface area (Å²) in [6.45, 7) is 0.0242. The maximum absolute atomic E-state index is 14.1. The second-order valence-electron chi connectivity index (χ2n) is 7.08. The third kappa shape index (κ3) is 5.54. The third-order valence-electron chi connectivity index (χ3n) is 4.82. The first-order valence-electron chi connectivity index (χ1n) is 9.40. The molecule has 0 bridgehead atoms. The van der Waals surface area contributed by atoms with Gasteiger partial charge in [-0.25, -0.2) is 13.8 Å². The zero-order valence-corrected chi connectivity index (χ0v) is 15.5. The molecule has 10 heteroatoms. The van der Waals surface area contributed by atoms with Gasteiger partial charge in [0.1, 0.15) is 11.9 Å². The Morgan fingerprint density at radius 1 is 1.39 bits per heavy atom. The van der Waals surface area contributed by atoms with Gasteiger partial charge in [0.05, 0.1) is 24.6 Å². The van der Waals surface area contributed by atoms with E-state index in [9.17, 15) is 18.8 Å². The SMILES string of the molecule is O=Cc1cn(CC(F)CCn2ncc(NC(=O)CC3CCCC3)cc2=O)nn1. The lowest BCUT2D eigenvalue weighted by Gasteiger charge is -2.11. The maximum Gasteiger partial charge on any atom is 0.268 e. The van der Waals surface area contributed by atoms with Crippen LogP contribution < -0.4 is 10.9 Å². The Bertz CT molecular complexity index is 874. The van der Waals surface area contributed by atoms with Gasteiger partial charge in [0.2, 0.25) is 5.91 Å². The summed E-state index contributed by atoms with van der Waals surface area (Å²) in [5.74, 6) is 0.305. The van der Waals surface area contributed by atoms with Crippen LogP contribution in [0, 0.1) is 5.92 Å². The molecule has 3 rings (SSSR count). The summed E-state index contributed by atoms with van der Waals surface area (Å²) >= 11 is 0. The monoisotopic (exact) mass is 390 g/mol. The summed E-state index contributed by atoms with van der Waals surface area (Å²) in [5, 5.41) is 13.9. The molecular weight excluding hydrogens is 367 g/mol. The van der Waals surface area contributed by atoms with Gasteiger partial charge in [-0.3, -0.25) is 14.4 Å². The fourth-order valence-electron chi connectivity index (χ4n) is 3.37. The highest BCUT2D eigenvalue weighted by Gasteiger charge is 2.18. The molecule has 0 aliphatic heterocycles. The van der Waals surface area contributed by atoms with E-state index in [2.05, 4.69) is 20.7 Å². The molecule has 0 aromatic carbocycles. The minimum Gasteiger partial charge on any atom is -0.325 e. The maximum atomic E-state index is 14.1. The number of amides is 1. The van der Waals surface area contributed by atoms with Crippen LogP contribution in [0.4, 0.5) is 10.1 Å². The van der Waals surface area contributed by atoms with Crippen LogP contribution in [-0.2, 0) is 17.9 Å². The number of anilines is 1. The van der Waals surface area contributed by atoms with E-state index in [1.807, 2.05) is 0 Å². The quantitative estimate of drug-likeness (QED) is 0.651. The Kier molecular flexibility index (Phi) is 6.62. The number of aldehydes is 1. The molecule has 2 aromatic heterocycles. The van der Waals surface area contributed by atoms with Crippen LogP contribution in [0.25, 0.3) is 0 Å². The molecule has 1 saturated carbocycles. The lowest BCUT2D eigenvalue weighted by molar-refractivity contribution is -0.117. The van der Waals surface area contributed by atoms with Crippen molar-refractivity contribution in [1.29, 1.82) is 0 Å². The first kappa shape index (κ1) is 19.8. The molecule has 1 N–H and O–H groups in total. The van der Waals surface area contributed by atoms with Gasteiger partial charge in [0.15, 0.2) is 6.29 Å². The molecule has 0 saturated heterocycles. The van der Waals surface area contributed by atoms with E-state index >= 15 is 0 Å². The molecule has 1 aliphatic rings. The number of alkyl halides is 1. The van der Waals surface area contributed by atoms with Crippen molar-refractivity contribution < 1.29 is 14.0 Å². The largest absolute Gasteiger partial charge is 0.325 e. The van der Waals surface area contributed by atoms with Gasteiger partial charge in [-0.05, 0) is 18.8 Å². The Morgan fingerprint density at radius 2 is 2.18 bits per heavy atom. The highest BCUT2D eigenvalue weighted by atomic mass is 19.1. The summed E-state index contributed by atoms with van der Waals surface area (Å²) in [5.41, 5.74) is 0.0792. The molecule has 150 valence electrons. The van der Waals surface area contributed by atoms with Crippen LogP contribution >= 0.6 is 0 Å². The van der Waals surface area contributed by atoms with Crippen LogP contribution in [-0.4, -0.2) is 43.1 Å². The number of hydrogen-bond acceptors (Lipinski definition) is 6. The van der Waals surface area contributed by atoms with Crippen molar-refractivity contribution in [3.8, 4) is 0 Å². The molecule has 2 aromatic rings. The first-order chi connectivity index (χ1) is 13.5. The molecule has 0 radical (unpaired) electrons. The van der Waals surface area contributed by atoms with Gasteiger partial charge in [-0.2, -0.15) is 5.10 Å². The lowest BCUT2D eigenvalue weighted by atomic mass is 10.0. The van der Waals surface area contributed by atoms with Crippen molar-refractivity contribution >= 4 is 17.9 Å². The topological polar surface area (TPSA) is 112 Å². The van der Waals surface area contributed by atoms with Crippen LogP contribution in [0.5, 0.6) is 0 Å². The normalized spacial score (nSPS) is 15.5. The van der Waals surface area contributed by atoms with E-state index in [0.29, 0.717) is 24.3 Å². The van der Waals surface area contributed by atoms with Crippen molar-refractivity contribution in [3.05, 3.63) is 34.5 Å². The van der Waals surface area contributed by atoms with E-state index in [1.165, 1.54) is 36.0 Å². The average Bonchev–Trinajstić information content (AvgIpc) is 3.32. The van der Waals surface area contributed by atoms with Crippen molar-refractivity contribution in [2.24, 2.45) is 5.92 Å². The van der Waals surface area contributed by atoms with Crippen LogP contribution in [0.15, 0.2) is 23.3 Å². The molecule has 28 heavy (non-hydrogen) atoms. The standard InChI is InChI=1S/C18H23FN6O3/c19-14(10-24-11-16(12-26)22-23-24)5-6-25-18(28)8-15(9-20-25)21-17(27)7-13-3-1-2-4-13/h8-9,11-14H,1-7,10H2,(H,21,27). The van der Waals surface area contributed by atoms with Crippen LogP contribution in [0.3, 0.4) is 0 Å². The number of nitrogens with zero attached hydrogens (tertiary/aromatic N) is 5. The first-order valence-corrected chi connectivity index (χ1v) is 9.40. The predicted molar refractivity (Wildman–Crippen MR) is 98.6 cm³/mol. The average molecular weight is 390 g/mol. The molecule has 1 amide bonds. The number of rotatable bonds is 9. The molecule has 1 unspecified atom stereocenters. The molecule has 2 heterocycles. The summed E-state index contributed by atoms with van der Waals surface area (Å²) in [6.07, 6.45) is 7.00. The second kappa shape index (κ2) is 9.34. The molecule has 1 aliphatic carbocycles. The van der Waals surface area contributed by atoms with Crippen molar-refractivity contribution in [2.45, 2.75) is 57.8 Å². The molecule has 9 nitrogen and oxygen atoms in total. The highest BCUT2D eigenvalue weighted by molar-refractivity contribution is 5.90. The van der Waals surface area contributed by atoms with Gasteiger partial charge in [-0.1, -0.05) is 18.1 Å². The summed E-state index contributed by atoms with van der Waals surface area (Å²) in [4.78, 5) is 34.7. The fraction of sp³-hybridized carbons (Fsp3) is 0.556. The Balaban J connectivity index is 1.48. The number of aryl methyl sites for hydroxylation is 1. The van der Waals surface area contributed by atoms with E-state index in [-0.39, 0.29) is 31.1 Å². The van der Waals surface area contributed by atoms with Crippen LogP contribution in [0.2, 0.25) is 0 Å². The molecule has 1 fully saturated rings. The molecule has 0 spiro atoms. The molecule has 1 atom stereocenters. The zero-order chi connectivity index (χ0) is 19.9. The minimum absolute atomic E-state index is 0.0522. The Morgan fingerprint density at radius 3 is 2.86 bits per heavy atom. The van der Waals surface area contributed by atoms with Crippen molar-refractivity contribution in [2.75, 3.05) is 5.32 Å². The number of carbonyl (C=O) groups excluding carboxylic acids is 2. The van der Waals surface area contributed by atoms with E-state index in [4.69, 9.17) is 0 Å². The van der Waals surface area contributed by atoms with Crippen molar-refractivity contribution in [3.63, 3.8) is 0 Å². The van der Waals surface area contributed by atoms with Gasteiger partial charge in [0, 0.05) is 25.5 Å². The number of carbonyl (C=O) groups is 2. The van der Waals surface area contributed by atoms with E-state index in [0.717, 1.165) is 17.5 Å². The smallest absolute Gasteiger partial charge is 0.268 e. The van der Waals surface area contributed by atoms with Gasteiger partial charge in [-0.15, -0.1) is 5.10 Å². The number of hydrogen-bond donors (Lipinski definition) is 1. The Labute approximate surface area is 160 Å². The Hall–Kier alpha value is -2.91. The predicted octanol–water partition coefficient (Wildman–Crippen LogP) is 1.59. The van der Waals surface area contributed by atoms with Crippen LogP contribution in [0.1, 0.15) is 49.0 Å². The summed E-state index contributed by atoms with van der Waals surface area (Å²) in [7, 11) is 0. The second-order valence-corrected chi connectivity index (χ2v) is 7.08. The summed E-state index contributed by atoms with van der Waals surface area (Å²) < 4.78 is 16.5. The third-order valence-corrected chi connectivity index (χ3v) is 4.82. The van der Waals surface area contributed by atoms with Gasteiger partial charge >= 0.3 is 0 Å². The van der Waals surface area contributed by atoms with Gasteiger partial charge in [0.25, 0.3) is 5.56 Å². The summed E-state index contributed by atoms with van der Waals surface area (Å²) in [6, 6.07) is 1.29. The molecular formula is C18H23FN6O3.